The van der Waals surface area contributed by atoms with Crippen molar-refractivity contribution < 1.29 is 4.90 Å². The van der Waals surface area contributed by atoms with Gasteiger partial charge in [-0.3, -0.25) is 0 Å². The van der Waals surface area contributed by atoms with E-state index in [-0.39, 0.29) is 6.04 Å². The summed E-state index contributed by atoms with van der Waals surface area (Å²) in [6.45, 7) is 6.05. The molecule has 1 fully saturated rings. The quantitative estimate of drug-likeness (QED) is 0.406. The molecule has 1 atom stereocenters. The Morgan fingerprint density at radius 1 is 0.882 bits per heavy atom. The molecule has 2 N–H and O–H groups in total. The zero-order valence-electron chi connectivity index (χ0n) is 19.1. The number of hydrogen-bond donors (Lipinski definition) is 2. The Labute approximate surface area is 204 Å². The van der Waals surface area contributed by atoms with Gasteiger partial charge in [0.25, 0.3) is 0 Å². The van der Waals surface area contributed by atoms with Gasteiger partial charge in [0.1, 0.15) is 23.4 Å². The van der Waals surface area contributed by atoms with Gasteiger partial charge < -0.3 is 14.8 Å². The predicted molar refractivity (Wildman–Crippen MR) is 139 cm³/mol. The first-order chi connectivity index (χ1) is 16.7. The molecule has 0 aliphatic carbocycles. The first-order valence-corrected chi connectivity index (χ1v) is 12.2. The number of quaternary nitrogens is 1. The average molecular weight is 469 g/mol. The Morgan fingerprint density at radius 2 is 1.62 bits per heavy atom. The van der Waals surface area contributed by atoms with Gasteiger partial charge in [-0.1, -0.05) is 66.2 Å². The number of aromatic amines is 1. The van der Waals surface area contributed by atoms with Crippen LogP contribution in [0.15, 0.2) is 79.1 Å². The van der Waals surface area contributed by atoms with Gasteiger partial charge in [-0.15, -0.1) is 0 Å². The third kappa shape index (κ3) is 3.71. The van der Waals surface area contributed by atoms with Crippen LogP contribution in [0.2, 0.25) is 5.02 Å². The second-order valence-corrected chi connectivity index (χ2v) is 9.52. The number of anilines is 1. The molecule has 0 unspecified atom stereocenters. The van der Waals surface area contributed by atoms with Crippen LogP contribution in [-0.2, 0) is 0 Å². The van der Waals surface area contributed by atoms with E-state index in [1.807, 2.05) is 12.1 Å². The SMILES string of the molecule is Cc1cccc2[nH]c3c(N4CC[NH+]([C@H](c5ccccc5)c5ccc(Cl)cc5)CC4)ncnc3c12. The topological polar surface area (TPSA) is 49.2 Å². The number of H-pyrrole nitrogens is 1. The summed E-state index contributed by atoms with van der Waals surface area (Å²) >= 11 is 6.19. The molecule has 0 bridgehead atoms. The lowest BCUT2D eigenvalue weighted by molar-refractivity contribution is -0.926. The highest BCUT2D eigenvalue weighted by molar-refractivity contribution is 6.30. The van der Waals surface area contributed by atoms with E-state index in [1.165, 1.54) is 22.1 Å². The monoisotopic (exact) mass is 468 g/mol. The number of halogens is 1. The van der Waals surface area contributed by atoms with Crippen molar-refractivity contribution in [1.29, 1.82) is 0 Å². The van der Waals surface area contributed by atoms with Crippen LogP contribution in [0.5, 0.6) is 0 Å². The largest absolute Gasteiger partial charge is 0.350 e. The zero-order valence-corrected chi connectivity index (χ0v) is 19.9. The van der Waals surface area contributed by atoms with Gasteiger partial charge in [-0.05, 0) is 30.7 Å². The van der Waals surface area contributed by atoms with Crippen molar-refractivity contribution in [2.75, 3.05) is 31.1 Å². The number of piperazine rings is 1. The standard InChI is InChI=1S/C28H26ClN5/c1-19-6-5-9-23-24(19)25-26(32-23)28(31-18-30-25)34-16-14-33(15-17-34)27(20-7-3-2-4-8-20)21-10-12-22(29)13-11-21/h2-13,18,27,32H,14-17H2,1H3/p+1/t27-/m1/s1. The Bertz CT molecular complexity index is 1440. The van der Waals surface area contributed by atoms with Gasteiger partial charge in [0.15, 0.2) is 5.82 Å². The molecule has 0 amide bonds. The van der Waals surface area contributed by atoms with Crippen LogP contribution in [0.25, 0.3) is 21.9 Å². The van der Waals surface area contributed by atoms with Crippen molar-refractivity contribution in [1.82, 2.24) is 15.0 Å². The summed E-state index contributed by atoms with van der Waals surface area (Å²) in [4.78, 5) is 16.9. The van der Waals surface area contributed by atoms with Gasteiger partial charge >= 0.3 is 0 Å². The third-order valence-corrected chi connectivity index (χ3v) is 7.30. The first kappa shape index (κ1) is 21.1. The average Bonchev–Trinajstić information content (AvgIpc) is 3.27. The molecule has 0 saturated carbocycles. The fourth-order valence-corrected chi connectivity index (χ4v) is 5.53. The van der Waals surface area contributed by atoms with E-state index in [2.05, 4.69) is 82.5 Å². The van der Waals surface area contributed by atoms with Crippen molar-refractivity contribution in [3.05, 3.63) is 101 Å². The molecule has 5 nitrogen and oxygen atoms in total. The number of nitrogens with zero attached hydrogens (tertiary/aromatic N) is 3. The van der Waals surface area contributed by atoms with Crippen LogP contribution in [0.1, 0.15) is 22.7 Å². The van der Waals surface area contributed by atoms with Gasteiger partial charge in [0, 0.05) is 27.1 Å². The number of benzene rings is 3. The Kier molecular flexibility index (Phi) is 5.44. The summed E-state index contributed by atoms with van der Waals surface area (Å²) in [6, 6.07) is 25.8. The van der Waals surface area contributed by atoms with E-state index in [0.717, 1.165) is 53.6 Å². The lowest BCUT2D eigenvalue weighted by Crippen LogP contribution is -3.15. The van der Waals surface area contributed by atoms with E-state index in [1.54, 1.807) is 11.2 Å². The minimum atomic E-state index is 0.279. The fraction of sp³-hybridized carbons (Fsp3) is 0.214. The zero-order chi connectivity index (χ0) is 23.1. The molecule has 1 saturated heterocycles. The minimum Gasteiger partial charge on any atom is -0.350 e. The number of fused-ring (bicyclic) bond motifs is 3. The van der Waals surface area contributed by atoms with Crippen molar-refractivity contribution in [3.8, 4) is 0 Å². The van der Waals surface area contributed by atoms with Crippen molar-refractivity contribution in [2.24, 2.45) is 0 Å². The number of hydrogen-bond acceptors (Lipinski definition) is 3. The third-order valence-electron chi connectivity index (χ3n) is 7.05. The molecule has 5 aromatic rings. The molecule has 34 heavy (non-hydrogen) atoms. The molecule has 6 rings (SSSR count). The Hall–Kier alpha value is -3.41. The molecular formula is C28H27ClN5+. The summed E-state index contributed by atoms with van der Waals surface area (Å²) in [7, 11) is 0. The summed E-state index contributed by atoms with van der Waals surface area (Å²) in [6.07, 6.45) is 1.71. The lowest BCUT2D eigenvalue weighted by Gasteiger charge is -2.37. The predicted octanol–water partition coefficient (Wildman–Crippen LogP) is 4.57. The second kappa shape index (κ2) is 8.75. The highest BCUT2D eigenvalue weighted by Gasteiger charge is 2.31. The van der Waals surface area contributed by atoms with Crippen LogP contribution in [0.3, 0.4) is 0 Å². The molecule has 0 radical (unpaired) electrons. The maximum Gasteiger partial charge on any atom is 0.156 e. The van der Waals surface area contributed by atoms with Crippen molar-refractivity contribution in [3.63, 3.8) is 0 Å². The van der Waals surface area contributed by atoms with E-state index < -0.39 is 0 Å². The maximum atomic E-state index is 6.19. The molecule has 6 heteroatoms. The summed E-state index contributed by atoms with van der Waals surface area (Å²) in [5, 5.41) is 1.97. The highest BCUT2D eigenvalue weighted by atomic mass is 35.5. The van der Waals surface area contributed by atoms with Crippen molar-refractivity contribution in [2.45, 2.75) is 13.0 Å². The number of aryl methyl sites for hydroxylation is 1. The Morgan fingerprint density at radius 3 is 2.38 bits per heavy atom. The second-order valence-electron chi connectivity index (χ2n) is 9.08. The summed E-state index contributed by atoms with van der Waals surface area (Å²) < 4.78 is 0. The molecule has 3 aromatic carbocycles. The molecule has 1 aliphatic heterocycles. The van der Waals surface area contributed by atoms with Crippen LogP contribution in [0.4, 0.5) is 5.82 Å². The first-order valence-electron chi connectivity index (χ1n) is 11.8. The minimum absolute atomic E-state index is 0.279. The van der Waals surface area contributed by atoms with E-state index in [9.17, 15) is 0 Å². The summed E-state index contributed by atoms with van der Waals surface area (Å²) in [5.74, 6) is 1.00. The van der Waals surface area contributed by atoms with Gasteiger partial charge in [0.2, 0.25) is 0 Å². The molecule has 1 aliphatic rings. The summed E-state index contributed by atoms with van der Waals surface area (Å²) in [5.41, 5.74) is 7.03. The smallest absolute Gasteiger partial charge is 0.156 e. The molecular weight excluding hydrogens is 442 g/mol. The number of aromatic nitrogens is 3. The number of nitrogens with one attached hydrogen (secondary N) is 2. The molecule has 2 aromatic heterocycles. The fourth-order valence-electron chi connectivity index (χ4n) is 5.40. The van der Waals surface area contributed by atoms with Gasteiger partial charge in [-0.2, -0.15) is 0 Å². The molecule has 170 valence electrons. The molecule has 0 spiro atoms. The van der Waals surface area contributed by atoms with E-state index >= 15 is 0 Å². The number of rotatable bonds is 4. The Balaban J connectivity index is 1.31. The molecule has 3 heterocycles. The van der Waals surface area contributed by atoms with Crippen LogP contribution < -0.4 is 9.80 Å². The van der Waals surface area contributed by atoms with Gasteiger partial charge in [0.05, 0.1) is 26.2 Å². The van der Waals surface area contributed by atoms with E-state index in [0.29, 0.717) is 0 Å². The van der Waals surface area contributed by atoms with Crippen LogP contribution in [-0.4, -0.2) is 41.1 Å². The normalized spacial score (nSPS) is 15.8. The van der Waals surface area contributed by atoms with Crippen molar-refractivity contribution >= 4 is 39.4 Å². The highest BCUT2D eigenvalue weighted by Crippen LogP contribution is 2.31. The van der Waals surface area contributed by atoms with Crippen LogP contribution in [0, 0.1) is 6.92 Å². The van der Waals surface area contributed by atoms with Crippen LogP contribution >= 0.6 is 11.6 Å². The van der Waals surface area contributed by atoms with E-state index in [4.69, 9.17) is 16.6 Å². The maximum absolute atomic E-state index is 6.19. The van der Waals surface area contributed by atoms with Gasteiger partial charge in [-0.25, -0.2) is 9.97 Å². The lowest BCUT2D eigenvalue weighted by atomic mass is 9.96.